The minimum Gasteiger partial charge on any atom is -0.0651 e. The molecule has 0 amide bonds. The van der Waals surface area contributed by atoms with Gasteiger partial charge in [0.2, 0.25) is 0 Å². The molecule has 0 nitrogen and oxygen atoms in total. The van der Waals surface area contributed by atoms with E-state index in [2.05, 4.69) is 38.1 Å². The highest BCUT2D eigenvalue weighted by atomic mass is 14.3. The van der Waals surface area contributed by atoms with Crippen LogP contribution >= 0.6 is 0 Å². The summed E-state index contributed by atoms with van der Waals surface area (Å²) in [6, 6.07) is 9.22. The second-order valence-corrected chi connectivity index (χ2v) is 8.61. The van der Waals surface area contributed by atoms with Crippen molar-refractivity contribution in [3.8, 4) is 0 Å². The second kappa shape index (κ2) is 8.36. The smallest absolute Gasteiger partial charge is 0.0250 e. The predicted octanol–water partition coefficient (Wildman–Crippen LogP) is 6.95. The van der Waals surface area contributed by atoms with Crippen LogP contribution in [0, 0.1) is 30.6 Å². The van der Waals surface area contributed by atoms with E-state index in [9.17, 15) is 0 Å². The van der Waals surface area contributed by atoms with Gasteiger partial charge in [-0.15, -0.1) is 0 Å². The molecule has 1 aromatic carbocycles. The zero-order valence-electron chi connectivity index (χ0n) is 15.4. The maximum Gasteiger partial charge on any atom is -0.0250 e. The Balaban J connectivity index is 1.38. The Bertz CT molecular complexity index is 441. The van der Waals surface area contributed by atoms with Gasteiger partial charge in [0.1, 0.15) is 0 Å². The number of aryl methyl sites for hydroxylation is 1. The first-order valence-electron chi connectivity index (χ1n) is 10.3. The molecule has 0 radical (unpaired) electrons. The Morgan fingerprint density at radius 1 is 0.696 bits per heavy atom. The van der Waals surface area contributed by atoms with E-state index in [0.717, 1.165) is 23.7 Å². The lowest BCUT2D eigenvalue weighted by molar-refractivity contribution is 0.189. The maximum absolute atomic E-state index is 2.38. The molecule has 0 heterocycles. The summed E-state index contributed by atoms with van der Waals surface area (Å²) in [6.45, 7) is 4.56. The van der Waals surface area contributed by atoms with Crippen LogP contribution in [0.15, 0.2) is 24.3 Å². The van der Waals surface area contributed by atoms with Crippen molar-refractivity contribution in [1.29, 1.82) is 0 Å². The summed E-state index contributed by atoms with van der Waals surface area (Å²) in [7, 11) is 0. The third-order valence-electron chi connectivity index (χ3n) is 6.82. The van der Waals surface area contributed by atoms with E-state index in [1.54, 1.807) is 12.0 Å². The highest BCUT2D eigenvalue weighted by Crippen LogP contribution is 2.39. The van der Waals surface area contributed by atoms with Crippen molar-refractivity contribution in [2.45, 2.75) is 84.5 Å². The summed E-state index contributed by atoms with van der Waals surface area (Å²) in [6.07, 6.45) is 16.3. The Kier molecular flexibility index (Phi) is 6.20. The fourth-order valence-electron chi connectivity index (χ4n) is 5.08. The molecule has 2 aliphatic carbocycles. The monoisotopic (exact) mass is 312 g/mol. The highest BCUT2D eigenvalue weighted by molar-refractivity contribution is 5.21. The topological polar surface area (TPSA) is 0 Å². The van der Waals surface area contributed by atoms with Crippen LogP contribution in [-0.2, 0) is 6.42 Å². The number of rotatable bonds is 5. The number of hydrogen-bond donors (Lipinski definition) is 0. The van der Waals surface area contributed by atoms with Crippen molar-refractivity contribution in [3.05, 3.63) is 35.4 Å². The zero-order chi connectivity index (χ0) is 16.1. The molecule has 0 saturated heterocycles. The van der Waals surface area contributed by atoms with Gasteiger partial charge in [-0.1, -0.05) is 81.7 Å². The van der Waals surface area contributed by atoms with Gasteiger partial charge < -0.3 is 0 Å². The minimum absolute atomic E-state index is 0.949. The molecule has 2 saturated carbocycles. The van der Waals surface area contributed by atoms with Crippen molar-refractivity contribution < 1.29 is 0 Å². The van der Waals surface area contributed by atoms with Crippen molar-refractivity contribution >= 4 is 0 Å². The van der Waals surface area contributed by atoms with Crippen LogP contribution in [0.25, 0.3) is 0 Å². The predicted molar refractivity (Wildman–Crippen MR) is 101 cm³/mol. The second-order valence-electron chi connectivity index (χ2n) is 8.61. The molecule has 0 N–H and O–H groups in total. The van der Waals surface area contributed by atoms with E-state index >= 15 is 0 Å². The molecule has 0 aliphatic heterocycles. The molecule has 0 unspecified atom stereocenters. The van der Waals surface area contributed by atoms with Gasteiger partial charge in [-0.25, -0.2) is 0 Å². The van der Waals surface area contributed by atoms with Gasteiger partial charge in [0.25, 0.3) is 0 Å². The first-order valence-corrected chi connectivity index (χ1v) is 10.3. The standard InChI is InChI=1S/C23H36/c1-3-19-8-10-21(11-9-19)17-23-14-12-22(13-15-23)16-20-6-4-18(2)5-7-20/h4-7,19,21-23H,3,8-17H2,1-2H3. The third kappa shape index (κ3) is 5.10. The average molecular weight is 313 g/mol. The van der Waals surface area contributed by atoms with Gasteiger partial charge >= 0.3 is 0 Å². The molecule has 128 valence electrons. The van der Waals surface area contributed by atoms with E-state index in [1.165, 1.54) is 69.8 Å². The molecule has 23 heavy (non-hydrogen) atoms. The highest BCUT2D eigenvalue weighted by Gasteiger charge is 2.26. The third-order valence-corrected chi connectivity index (χ3v) is 6.82. The van der Waals surface area contributed by atoms with Gasteiger partial charge in [0.05, 0.1) is 0 Å². The van der Waals surface area contributed by atoms with Crippen LogP contribution in [0.2, 0.25) is 0 Å². The molecule has 0 bridgehead atoms. The Morgan fingerprint density at radius 3 is 1.70 bits per heavy atom. The zero-order valence-corrected chi connectivity index (χ0v) is 15.4. The van der Waals surface area contributed by atoms with Crippen LogP contribution in [0.4, 0.5) is 0 Å². The average Bonchev–Trinajstić information content (AvgIpc) is 2.59. The summed E-state index contributed by atoms with van der Waals surface area (Å²) < 4.78 is 0. The first-order chi connectivity index (χ1) is 11.2. The Morgan fingerprint density at radius 2 is 1.17 bits per heavy atom. The molecular formula is C23H36. The van der Waals surface area contributed by atoms with E-state index < -0.39 is 0 Å². The molecule has 0 atom stereocenters. The lowest BCUT2D eigenvalue weighted by atomic mass is 9.72. The van der Waals surface area contributed by atoms with E-state index in [4.69, 9.17) is 0 Å². The summed E-state index contributed by atoms with van der Waals surface area (Å²) >= 11 is 0. The molecule has 0 spiro atoms. The maximum atomic E-state index is 2.38. The van der Waals surface area contributed by atoms with Crippen LogP contribution in [0.3, 0.4) is 0 Å². The number of benzene rings is 1. The van der Waals surface area contributed by atoms with Gasteiger partial charge in [-0.05, 0) is 61.8 Å². The van der Waals surface area contributed by atoms with Crippen molar-refractivity contribution in [1.82, 2.24) is 0 Å². The first kappa shape index (κ1) is 17.1. The van der Waals surface area contributed by atoms with Crippen LogP contribution < -0.4 is 0 Å². The van der Waals surface area contributed by atoms with Crippen molar-refractivity contribution in [2.24, 2.45) is 23.7 Å². The lowest BCUT2D eigenvalue weighted by Crippen LogP contribution is -2.21. The molecule has 3 rings (SSSR count). The summed E-state index contributed by atoms with van der Waals surface area (Å²) in [5, 5.41) is 0. The Labute approximate surface area is 144 Å². The SMILES string of the molecule is CCC1CCC(CC2CCC(Cc3ccc(C)cc3)CC2)CC1. The van der Waals surface area contributed by atoms with Gasteiger partial charge in [-0.2, -0.15) is 0 Å². The minimum atomic E-state index is 0.949. The Hall–Kier alpha value is -0.780. The van der Waals surface area contributed by atoms with Crippen molar-refractivity contribution in [2.75, 3.05) is 0 Å². The van der Waals surface area contributed by atoms with Crippen LogP contribution in [0.5, 0.6) is 0 Å². The van der Waals surface area contributed by atoms with Crippen molar-refractivity contribution in [3.63, 3.8) is 0 Å². The molecular weight excluding hydrogens is 276 g/mol. The van der Waals surface area contributed by atoms with Crippen LogP contribution in [0.1, 0.15) is 82.3 Å². The largest absolute Gasteiger partial charge is 0.0651 e. The normalized spacial score (nSPS) is 31.9. The fourth-order valence-corrected chi connectivity index (χ4v) is 5.08. The quantitative estimate of drug-likeness (QED) is 0.552. The van der Waals surface area contributed by atoms with E-state index in [1.807, 2.05) is 0 Å². The number of hydrogen-bond acceptors (Lipinski definition) is 0. The lowest BCUT2D eigenvalue weighted by Gasteiger charge is -2.34. The molecule has 0 heteroatoms. The summed E-state index contributed by atoms with van der Waals surface area (Å²) in [5.74, 6) is 4.12. The van der Waals surface area contributed by atoms with E-state index in [-0.39, 0.29) is 0 Å². The fraction of sp³-hybridized carbons (Fsp3) is 0.739. The van der Waals surface area contributed by atoms with Crippen LogP contribution in [-0.4, -0.2) is 0 Å². The molecule has 2 aliphatic rings. The van der Waals surface area contributed by atoms with Gasteiger partial charge in [-0.3, -0.25) is 0 Å². The molecule has 1 aromatic rings. The molecule has 2 fully saturated rings. The van der Waals surface area contributed by atoms with E-state index in [0.29, 0.717) is 0 Å². The summed E-state index contributed by atoms with van der Waals surface area (Å²) in [4.78, 5) is 0. The molecule has 0 aromatic heterocycles. The van der Waals surface area contributed by atoms with Gasteiger partial charge in [0, 0.05) is 0 Å². The van der Waals surface area contributed by atoms with Gasteiger partial charge in [0.15, 0.2) is 0 Å². The summed E-state index contributed by atoms with van der Waals surface area (Å²) in [5.41, 5.74) is 2.94.